The second kappa shape index (κ2) is 6.00. The van der Waals surface area contributed by atoms with Gasteiger partial charge in [0.05, 0.1) is 6.10 Å². The number of aliphatic hydroxyl groups excluding tert-OH is 1. The molecule has 3 nitrogen and oxygen atoms in total. The van der Waals surface area contributed by atoms with Gasteiger partial charge in [-0.2, -0.15) is 11.3 Å². The summed E-state index contributed by atoms with van der Waals surface area (Å²) in [5.41, 5.74) is 1.95. The lowest BCUT2D eigenvalue weighted by molar-refractivity contribution is 0.171. The van der Waals surface area contributed by atoms with Gasteiger partial charge < -0.3 is 15.5 Å². The van der Waals surface area contributed by atoms with Gasteiger partial charge in [0, 0.05) is 12.6 Å². The molecule has 4 heteroatoms. The van der Waals surface area contributed by atoms with Crippen molar-refractivity contribution in [2.45, 2.75) is 19.1 Å². The van der Waals surface area contributed by atoms with E-state index in [1.165, 1.54) is 0 Å². The van der Waals surface area contributed by atoms with E-state index >= 15 is 0 Å². The smallest absolute Gasteiger partial charge is 0.115 e. The summed E-state index contributed by atoms with van der Waals surface area (Å²) in [4.78, 5) is 0. The highest BCUT2D eigenvalue weighted by Gasteiger charge is 2.11. The summed E-state index contributed by atoms with van der Waals surface area (Å²) < 4.78 is 0. The van der Waals surface area contributed by atoms with Crippen LogP contribution >= 0.6 is 11.3 Å². The molecule has 96 valence electrons. The van der Waals surface area contributed by atoms with Crippen LogP contribution in [0, 0.1) is 0 Å². The van der Waals surface area contributed by atoms with Crippen LogP contribution in [0.25, 0.3) is 0 Å². The van der Waals surface area contributed by atoms with Gasteiger partial charge in [-0.1, -0.05) is 12.1 Å². The first-order valence-electron chi connectivity index (χ1n) is 5.89. The van der Waals surface area contributed by atoms with Gasteiger partial charge >= 0.3 is 0 Å². The summed E-state index contributed by atoms with van der Waals surface area (Å²) in [6.07, 6.45) is -0.490. The molecule has 0 fully saturated rings. The lowest BCUT2D eigenvalue weighted by Gasteiger charge is -2.17. The molecule has 2 unspecified atom stereocenters. The Kier molecular flexibility index (Phi) is 4.36. The van der Waals surface area contributed by atoms with Gasteiger partial charge in [0.1, 0.15) is 5.75 Å². The average Bonchev–Trinajstić information content (AvgIpc) is 2.89. The normalized spacial score (nSPS) is 14.3. The molecule has 0 spiro atoms. The monoisotopic (exact) mass is 263 g/mol. The fraction of sp³-hybridized carbons (Fsp3) is 0.286. The zero-order valence-corrected chi connectivity index (χ0v) is 11.0. The van der Waals surface area contributed by atoms with Crippen molar-refractivity contribution >= 4 is 11.3 Å². The van der Waals surface area contributed by atoms with Gasteiger partial charge in [0.25, 0.3) is 0 Å². The van der Waals surface area contributed by atoms with Crippen LogP contribution in [0.2, 0.25) is 0 Å². The van der Waals surface area contributed by atoms with E-state index in [9.17, 15) is 10.2 Å². The Morgan fingerprint density at radius 3 is 2.78 bits per heavy atom. The Hall–Kier alpha value is -1.36. The summed E-state index contributed by atoms with van der Waals surface area (Å²) in [7, 11) is 0. The first-order valence-corrected chi connectivity index (χ1v) is 6.83. The van der Waals surface area contributed by atoms with Crippen molar-refractivity contribution in [3.05, 3.63) is 52.2 Å². The summed E-state index contributed by atoms with van der Waals surface area (Å²) in [6.45, 7) is 2.50. The summed E-state index contributed by atoms with van der Waals surface area (Å²) >= 11 is 1.58. The molecule has 0 bridgehead atoms. The Labute approximate surface area is 111 Å². The number of aliphatic hydroxyl groups is 1. The zero-order chi connectivity index (χ0) is 13.0. The standard InChI is InChI=1S/C14H17NO2S/c1-10(11-3-2-4-13(16)7-11)15-8-14(17)12-5-6-18-9-12/h2-7,9-10,14-17H,8H2,1H3. The van der Waals surface area contributed by atoms with Crippen LogP contribution in [0.15, 0.2) is 41.1 Å². The topological polar surface area (TPSA) is 52.5 Å². The molecule has 0 aliphatic heterocycles. The Morgan fingerprint density at radius 1 is 1.28 bits per heavy atom. The first kappa shape index (κ1) is 13.1. The molecule has 0 radical (unpaired) electrons. The van der Waals surface area contributed by atoms with Crippen LogP contribution in [-0.4, -0.2) is 16.8 Å². The summed E-state index contributed by atoms with van der Waals surface area (Å²) in [6, 6.07) is 9.17. The van der Waals surface area contributed by atoms with Crippen LogP contribution < -0.4 is 5.32 Å². The van der Waals surface area contributed by atoms with Gasteiger partial charge in [0.2, 0.25) is 0 Å². The molecule has 0 aliphatic rings. The largest absolute Gasteiger partial charge is 0.508 e. The number of hydrogen-bond acceptors (Lipinski definition) is 4. The Balaban J connectivity index is 1.90. The van der Waals surface area contributed by atoms with Crippen LogP contribution in [0.4, 0.5) is 0 Å². The fourth-order valence-corrected chi connectivity index (χ4v) is 2.49. The second-order valence-corrected chi connectivity index (χ2v) is 5.08. The SMILES string of the molecule is CC(NCC(O)c1ccsc1)c1cccc(O)c1. The molecule has 0 aliphatic carbocycles. The number of thiophene rings is 1. The van der Waals surface area contributed by atoms with Crippen molar-refractivity contribution in [3.63, 3.8) is 0 Å². The molecule has 2 aromatic rings. The first-order chi connectivity index (χ1) is 8.66. The highest BCUT2D eigenvalue weighted by Crippen LogP contribution is 2.20. The van der Waals surface area contributed by atoms with E-state index in [0.717, 1.165) is 11.1 Å². The maximum Gasteiger partial charge on any atom is 0.115 e. The third kappa shape index (κ3) is 3.32. The predicted octanol–water partition coefficient (Wildman–Crippen LogP) is 2.84. The molecule has 1 heterocycles. The van der Waals surface area contributed by atoms with Crippen molar-refractivity contribution in [3.8, 4) is 5.75 Å². The number of benzene rings is 1. The van der Waals surface area contributed by atoms with Crippen molar-refractivity contribution < 1.29 is 10.2 Å². The average molecular weight is 263 g/mol. The number of phenols is 1. The third-order valence-electron chi connectivity index (χ3n) is 2.92. The van der Waals surface area contributed by atoms with Crippen molar-refractivity contribution in [1.82, 2.24) is 5.32 Å². The van der Waals surface area contributed by atoms with Gasteiger partial charge in [0.15, 0.2) is 0 Å². The molecule has 1 aromatic carbocycles. The van der Waals surface area contributed by atoms with Crippen LogP contribution in [0.5, 0.6) is 5.75 Å². The zero-order valence-electron chi connectivity index (χ0n) is 10.2. The molecule has 2 rings (SSSR count). The molecular formula is C14H17NO2S. The van der Waals surface area contributed by atoms with Crippen LogP contribution in [0.3, 0.4) is 0 Å². The minimum atomic E-state index is -0.490. The van der Waals surface area contributed by atoms with Crippen LogP contribution in [0.1, 0.15) is 30.2 Å². The van der Waals surface area contributed by atoms with E-state index in [1.807, 2.05) is 35.9 Å². The predicted molar refractivity (Wildman–Crippen MR) is 73.8 cm³/mol. The highest BCUT2D eigenvalue weighted by molar-refractivity contribution is 7.07. The number of rotatable bonds is 5. The lowest BCUT2D eigenvalue weighted by atomic mass is 10.1. The molecular weight excluding hydrogens is 246 g/mol. The highest BCUT2D eigenvalue weighted by atomic mass is 32.1. The Bertz CT molecular complexity index is 484. The number of phenolic OH excluding ortho intramolecular Hbond substituents is 1. The maximum absolute atomic E-state index is 9.95. The van der Waals surface area contributed by atoms with E-state index in [-0.39, 0.29) is 11.8 Å². The Morgan fingerprint density at radius 2 is 2.11 bits per heavy atom. The van der Waals surface area contributed by atoms with Gasteiger partial charge in [-0.3, -0.25) is 0 Å². The van der Waals surface area contributed by atoms with Crippen molar-refractivity contribution in [2.24, 2.45) is 0 Å². The number of aromatic hydroxyl groups is 1. The molecule has 18 heavy (non-hydrogen) atoms. The molecule has 2 atom stereocenters. The molecule has 0 amide bonds. The second-order valence-electron chi connectivity index (χ2n) is 4.30. The van der Waals surface area contributed by atoms with Crippen LogP contribution in [-0.2, 0) is 0 Å². The van der Waals surface area contributed by atoms with Crippen molar-refractivity contribution in [2.75, 3.05) is 6.54 Å². The van der Waals surface area contributed by atoms with E-state index in [4.69, 9.17) is 0 Å². The van der Waals surface area contributed by atoms with Gasteiger partial charge in [-0.05, 0) is 47.0 Å². The quantitative estimate of drug-likeness (QED) is 0.777. The molecule has 3 N–H and O–H groups in total. The number of hydrogen-bond donors (Lipinski definition) is 3. The fourth-order valence-electron chi connectivity index (χ4n) is 1.78. The molecule has 0 saturated heterocycles. The maximum atomic E-state index is 9.95. The summed E-state index contributed by atoms with van der Waals surface area (Å²) in [5, 5.41) is 26.5. The van der Waals surface area contributed by atoms with E-state index in [2.05, 4.69) is 5.32 Å². The van der Waals surface area contributed by atoms with Gasteiger partial charge in [-0.15, -0.1) is 0 Å². The minimum absolute atomic E-state index is 0.0883. The van der Waals surface area contributed by atoms with Gasteiger partial charge in [-0.25, -0.2) is 0 Å². The molecule has 0 saturated carbocycles. The third-order valence-corrected chi connectivity index (χ3v) is 3.62. The van der Waals surface area contributed by atoms with E-state index in [0.29, 0.717) is 6.54 Å². The summed E-state index contributed by atoms with van der Waals surface area (Å²) in [5.74, 6) is 0.263. The lowest BCUT2D eigenvalue weighted by Crippen LogP contribution is -2.24. The molecule has 1 aromatic heterocycles. The van der Waals surface area contributed by atoms with E-state index in [1.54, 1.807) is 23.5 Å². The van der Waals surface area contributed by atoms with E-state index < -0.39 is 6.10 Å². The van der Waals surface area contributed by atoms with Crippen molar-refractivity contribution in [1.29, 1.82) is 0 Å². The number of nitrogens with one attached hydrogen (secondary N) is 1. The minimum Gasteiger partial charge on any atom is -0.508 e.